The molecule has 3 aromatic rings. The predicted octanol–water partition coefficient (Wildman–Crippen LogP) is 5.41. The van der Waals surface area contributed by atoms with Crippen molar-refractivity contribution in [2.75, 3.05) is 5.32 Å². The van der Waals surface area contributed by atoms with Crippen molar-refractivity contribution in [3.63, 3.8) is 0 Å². The van der Waals surface area contributed by atoms with Crippen LogP contribution in [0.25, 0.3) is 0 Å². The third-order valence-corrected chi connectivity index (χ3v) is 4.86. The number of hydrogen-bond donors (Lipinski definition) is 1. The summed E-state index contributed by atoms with van der Waals surface area (Å²) in [7, 11) is 0. The Morgan fingerprint density at radius 3 is 2.47 bits per heavy atom. The summed E-state index contributed by atoms with van der Waals surface area (Å²) in [4.78, 5) is 24.9. The minimum atomic E-state index is -4.50. The zero-order valence-corrected chi connectivity index (χ0v) is 15.6. The van der Waals surface area contributed by atoms with Crippen molar-refractivity contribution in [2.45, 2.75) is 18.7 Å². The topological polar surface area (TPSA) is 55.4 Å². The van der Waals surface area contributed by atoms with E-state index in [1.165, 1.54) is 24.3 Å². The van der Waals surface area contributed by atoms with Crippen molar-refractivity contribution in [2.24, 2.45) is 0 Å². The first-order valence-electron chi connectivity index (χ1n) is 9.19. The van der Waals surface area contributed by atoms with Gasteiger partial charge in [-0.3, -0.25) is 4.79 Å². The van der Waals surface area contributed by atoms with Gasteiger partial charge in [0.05, 0.1) is 11.1 Å². The van der Waals surface area contributed by atoms with Crippen molar-refractivity contribution in [3.05, 3.63) is 101 Å². The normalized spacial score (nSPS) is 15.8. The van der Waals surface area contributed by atoms with E-state index in [0.29, 0.717) is 17.5 Å². The second-order valence-electron chi connectivity index (χ2n) is 6.91. The maximum Gasteiger partial charge on any atom is 0.416 e. The van der Waals surface area contributed by atoms with E-state index in [0.717, 1.165) is 17.7 Å². The molecular weight excluding hydrogens is 395 g/mol. The first-order chi connectivity index (χ1) is 14.3. The fourth-order valence-corrected chi connectivity index (χ4v) is 3.37. The summed E-state index contributed by atoms with van der Waals surface area (Å²) < 4.78 is 44.1. The molecule has 1 heterocycles. The number of halogens is 3. The zero-order valence-electron chi connectivity index (χ0n) is 15.6. The first-order valence-corrected chi connectivity index (χ1v) is 9.19. The largest absolute Gasteiger partial charge is 0.454 e. The monoisotopic (exact) mass is 411 g/mol. The van der Waals surface area contributed by atoms with Gasteiger partial charge in [0.1, 0.15) is 6.10 Å². The number of benzene rings is 3. The second-order valence-corrected chi connectivity index (χ2v) is 6.91. The van der Waals surface area contributed by atoms with E-state index in [9.17, 15) is 22.8 Å². The summed E-state index contributed by atoms with van der Waals surface area (Å²) in [6, 6.07) is 18.2. The summed E-state index contributed by atoms with van der Waals surface area (Å²) in [6.07, 6.45) is -4.57. The van der Waals surface area contributed by atoms with E-state index in [4.69, 9.17) is 4.74 Å². The van der Waals surface area contributed by atoms with E-state index < -0.39 is 29.7 Å². The molecule has 0 saturated carbocycles. The average molecular weight is 411 g/mol. The van der Waals surface area contributed by atoms with Crippen LogP contribution in [0, 0.1) is 0 Å². The van der Waals surface area contributed by atoms with Crippen molar-refractivity contribution in [1.82, 2.24) is 0 Å². The van der Waals surface area contributed by atoms with Crippen LogP contribution in [-0.4, -0.2) is 11.9 Å². The summed E-state index contributed by atoms with van der Waals surface area (Å²) >= 11 is 0. The molecule has 0 radical (unpaired) electrons. The van der Waals surface area contributed by atoms with E-state index in [1.54, 1.807) is 6.07 Å². The van der Waals surface area contributed by atoms with Crippen molar-refractivity contribution < 1.29 is 27.5 Å². The van der Waals surface area contributed by atoms with Gasteiger partial charge in [0.2, 0.25) is 0 Å². The standard InChI is InChI=1S/C23H16F3NO3/c24-23(25,26)17-7-4-8-18(13-17)27-21(28)15-9-10-19-16(11-15)12-20(30-22(19)29)14-5-2-1-3-6-14/h1-11,13,20H,12H2,(H,27,28). The van der Waals surface area contributed by atoms with Crippen molar-refractivity contribution in [3.8, 4) is 0 Å². The molecule has 152 valence electrons. The van der Waals surface area contributed by atoms with Gasteiger partial charge in [0.25, 0.3) is 5.91 Å². The molecule has 0 aromatic heterocycles. The molecule has 1 amide bonds. The summed E-state index contributed by atoms with van der Waals surface area (Å²) in [5, 5.41) is 2.48. The second kappa shape index (κ2) is 7.67. The van der Waals surface area contributed by atoms with Gasteiger partial charge in [0.15, 0.2) is 0 Å². The lowest BCUT2D eigenvalue weighted by molar-refractivity contribution is -0.137. The highest BCUT2D eigenvalue weighted by Crippen LogP contribution is 2.32. The lowest BCUT2D eigenvalue weighted by atomic mass is 9.93. The van der Waals surface area contributed by atoms with Gasteiger partial charge in [-0.05, 0) is 47.5 Å². The number of ether oxygens (including phenoxy) is 1. The van der Waals surface area contributed by atoms with E-state index in [2.05, 4.69) is 5.32 Å². The number of carbonyl (C=O) groups is 2. The van der Waals surface area contributed by atoms with Crippen LogP contribution in [0.4, 0.5) is 18.9 Å². The zero-order chi connectivity index (χ0) is 21.3. The number of alkyl halides is 3. The number of amides is 1. The van der Waals surface area contributed by atoms with E-state index in [1.807, 2.05) is 30.3 Å². The molecule has 4 nitrogen and oxygen atoms in total. The number of esters is 1. The lowest BCUT2D eigenvalue weighted by Crippen LogP contribution is -2.23. The van der Waals surface area contributed by atoms with Gasteiger partial charge in [-0.1, -0.05) is 36.4 Å². The molecule has 0 bridgehead atoms. The fourth-order valence-electron chi connectivity index (χ4n) is 3.37. The van der Waals surface area contributed by atoms with Gasteiger partial charge >= 0.3 is 12.1 Å². The average Bonchev–Trinajstić information content (AvgIpc) is 2.73. The molecule has 0 saturated heterocycles. The van der Waals surface area contributed by atoms with Crippen LogP contribution in [0.2, 0.25) is 0 Å². The molecule has 1 aliphatic rings. The number of nitrogens with one attached hydrogen (secondary N) is 1. The van der Waals surface area contributed by atoms with Gasteiger partial charge < -0.3 is 10.1 Å². The third-order valence-electron chi connectivity index (χ3n) is 4.86. The molecule has 1 unspecified atom stereocenters. The number of carbonyl (C=O) groups excluding carboxylic acids is 2. The summed E-state index contributed by atoms with van der Waals surface area (Å²) in [5.41, 5.74) is 1.30. The van der Waals surface area contributed by atoms with E-state index in [-0.39, 0.29) is 11.3 Å². The molecular formula is C23H16F3NO3. The van der Waals surface area contributed by atoms with Gasteiger partial charge in [-0.2, -0.15) is 13.2 Å². The number of fused-ring (bicyclic) bond motifs is 1. The molecule has 3 aromatic carbocycles. The molecule has 0 fully saturated rings. The Morgan fingerprint density at radius 1 is 0.967 bits per heavy atom. The molecule has 0 aliphatic carbocycles. The Morgan fingerprint density at radius 2 is 1.73 bits per heavy atom. The van der Waals surface area contributed by atoms with Crippen molar-refractivity contribution >= 4 is 17.6 Å². The number of rotatable bonds is 3. The molecule has 1 atom stereocenters. The maximum atomic E-state index is 12.9. The van der Waals surface area contributed by atoms with E-state index >= 15 is 0 Å². The predicted molar refractivity (Wildman–Crippen MR) is 104 cm³/mol. The molecule has 0 spiro atoms. The molecule has 1 aliphatic heterocycles. The fraction of sp³-hybridized carbons (Fsp3) is 0.130. The smallest absolute Gasteiger partial charge is 0.416 e. The molecule has 1 N–H and O–H groups in total. The number of cyclic esters (lactones) is 1. The molecule has 7 heteroatoms. The molecule has 30 heavy (non-hydrogen) atoms. The SMILES string of the molecule is O=C(Nc1cccc(C(F)(F)F)c1)c1ccc2c(c1)CC(c1ccccc1)OC2=O. The van der Waals surface area contributed by atoms with Crippen LogP contribution in [0.3, 0.4) is 0 Å². The minimum absolute atomic E-state index is 0.0362. The van der Waals surface area contributed by atoms with Crippen LogP contribution in [0.15, 0.2) is 72.8 Å². The minimum Gasteiger partial charge on any atom is -0.454 e. The number of hydrogen-bond acceptors (Lipinski definition) is 3. The third kappa shape index (κ3) is 4.05. The van der Waals surface area contributed by atoms with Crippen LogP contribution < -0.4 is 5.32 Å². The molecule has 4 rings (SSSR count). The Bertz CT molecular complexity index is 1110. The Kier molecular flexibility index (Phi) is 5.03. The highest BCUT2D eigenvalue weighted by atomic mass is 19.4. The summed E-state index contributed by atoms with van der Waals surface area (Å²) in [6.45, 7) is 0. The van der Waals surface area contributed by atoms with Crippen LogP contribution in [0.5, 0.6) is 0 Å². The van der Waals surface area contributed by atoms with Gasteiger partial charge in [-0.25, -0.2) is 4.79 Å². The van der Waals surface area contributed by atoms with Gasteiger partial charge in [-0.15, -0.1) is 0 Å². The van der Waals surface area contributed by atoms with Crippen LogP contribution in [-0.2, 0) is 17.3 Å². The lowest BCUT2D eigenvalue weighted by Gasteiger charge is -2.25. The highest BCUT2D eigenvalue weighted by Gasteiger charge is 2.31. The summed E-state index contributed by atoms with van der Waals surface area (Å²) in [5.74, 6) is -1.04. The maximum absolute atomic E-state index is 12.9. The Hall–Kier alpha value is -3.61. The number of anilines is 1. The quantitative estimate of drug-likeness (QED) is 0.586. The first kappa shape index (κ1) is 19.7. The Labute approximate surface area is 170 Å². The van der Waals surface area contributed by atoms with Gasteiger partial charge in [0, 0.05) is 17.7 Å². The van der Waals surface area contributed by atoms with Crippen LogP contribution >= 0.6 is 0 Å². The Balaban J connectivity index is 1.57. The van der Waals surface area contributed by atoms with Crippen molar-refractivity contribution in [1.29, 1.82) is 0 Å². The highest BCUT2D eigenvalue weighted by molar-refractivity contribution is 6.05. The van der Waals surface area contributed by atoms with Crippen LogP contribution in [0.1, 0.15) is 43.5 Å².